The van der Waals surface area contributed by atoms with Gasteiger partial charge in [0.2, 0.25) is 0 Å². The largest absolute Gasteiger partial charge is 0.494 e. The van der Waals surface area contributed by atoms with E-state index in [1.165, 1.54) is 6.20 Å². The number of rotatable bonds is 3. The summed E-state index contributed by atoms with van der Waals surface area (Å²) in [6.07, 6.45) is 1.90. The highest BCUT2D eigenvalue weighted by Gasteiger charge is 2.25. The number of ketones is 1. The number of benzene rings is 1. The van der Waals surface area contributed by atoms with Crippen LogP contribution >= 0.6 is 11.6 Å². The molecule has 1 aliphatic rings. The maximum absolute atomic E-state index is 12.1. The average Bonchev–Trinajstić information content (AvgIpc) is 2.52. The third-order valence-electron chi connectivity index (χ3n) is 3.41. The van der Waals surface area contributed by atoms with Gasteiger partial charge in [-0.15, -0.1) is 0 Å². The number of ether oxygens (including phenoxy) is 1. The molecule has 0 spiro atoms. The lowest BCUT2D eigenvalue weighted by Crippen LogP contribution is -2.13. The van der Waals surface area contributed by atoms with Crippen LogP contribution in [0, 0.1) is 0 Å². The number of fused-ring (bicyclic) bond motifs is 2. The number of methoxy groups -OCH3 is 1. The Morgan fingerprint density at radius 2 is 2.10 bits per heavy atom. The first-order chi connectivity index (χ1) is 10.2. The van der Waals surface area contributed by atoms with Crippen LogP contribution in [-0.2, 0) is 0 Å². The van der Waals surface area contributed by atoms with Crippen molar-refractivity contribution in [3.8, 4) is 5.75 Å². The van der Waals surface area contributed by atoms with Crippen molar-refractivity contribution >= 4 is 40.1 Å². The number of carbonyl (C=O) groups excluding carboxylic acids is 1. The number of carbonyl (C=O) groups is 1. The molecule has 2 aromatic rings. The van der Waals surface area contributed by atoms with Crippen molar-refractivity contribution in [1.29, 1.82) is 0 Å². The lowest BCUT2D eigenvalue weighted by atomic mass is 10.1. The van der Waals surface area contributed by atoms with Gasteiger partial charge in [0.25, 0.3) is 0 Å². The van der Waals surface area contributed by atoms with Gasteiger partial charge in [0.15, 0.2) is 10.9 Å². The number of hydrogen-bond acceptors (Lipinski definition) is 5. The summed E-state index contributed by atoms with van der Waals surface area (Å²) >= 11 is 6.15. The van der Waals surface area contributed by atoms with Gasteiger partial charge in [-0.1, -0.05) is 24.6 Å². The van der Waals surface area contributed by atoms with E-state index in [0.717, 1.165) is 11.4 Å². The second-order valence-electron chi connectivity index (χ2n) is 4.62. The van der Waals surface area contributed by atoms with Gasteiger partial charge in [0.1, 0.15) is 17.1 Å². The topological polar surface area (TPSA) is 63.2 Å². The van der Waals surface area contributed by atoms with E-state index in [0.29, 0.717) is 34.3 Å². The fourth-order valence-corrected chi connectivity index (χ4v) is 2.52. The second kappa shape index (κ2) is 5.26. The van der Waals surface area contributed by atoms with Crippen LogP contribution in [0.1, 0.15) is 23.7 Å². The second-order valence-corrected chi connectivity index (χ2v) is 4.98. The molecule has 5 nitrogen and oxygen atoms in total. The molecular formula is C15H14ClN3O2. The van der Waals surface area contributed by atoms with Gasteiger partial charge in [0, 0.05) is 12.6 Å². The highest BCUT2D eigenvalue weighted by atomic mass is 35.5. The Morgan fingerprint density at radius 3 is 2.81 bits per heavy atom. The Balaban J connectivity index is 2.17. The highest BCUT2D eigenvalue weighted by molar-refractivity contribution is 6.33. The predicted octanol–water partition coefficient (Wildman–Crippen LogP) is 4.14. The Labute approximate surface area is 127 Å². The molecule has 0 amide bonds. The monoisotopic (exact) mass is 303 g/mol. The number of nitrogens with zero attached hydrogens (tertiary/aromatic N) is 1. The van der Waals surface area contributed by atoms with E-state index in [1.807, 2.05) is 25.1 Å². The summed E-state index contributed by atoms with van der Waals surface area (Å²) < 4.78 is 5.35. The van der Waals surface area contributed by atoms with Gasteiger partial charge in [-0.05, 0) is 12.1 Å². The van der Waals surface area contributed by atoms with Crippen LogP contribution in [0.25, 0.3) is 0 Å². The van der Waals surface area contributed by atoms with Crippen molar-refractivity contribution in [2.75, 3.05) is 17.7 Å². The minimum atomic E-state index is 0.00284. The lowest BCUT2D eigenvalue weighted by molar-refractivity contribution is 0.0988. The number of Topliss-reactive ketones (excluding diaryl/α,β-unsaturated/α-hetero) is 1. The predicted molar refractivity (Wildman–Crippen MR) is 83.4 cm³/mol. The van der Waals surface area contributed by atoms with Gasteiger partial charge >= 0.3 is 0 Å². The molecule has 0 unspecified atom stereocenters. The number of pyridine rings is 1. The molecule has 0 atom stereocenters. The zero-order chi connectivity index (χ0) is 15.0. The molecule has 0 fully saturated rings. The zero-order valence-corrected chi connectivity index (χ0v) is 12.4. The van der Waals surface area contributed by atoms with E-state index < -0.39 is 0 Å². The molecule has 1 aromatic heterocycles. The lowest BCUT2D eigenvalue weighted by Gasteiger charge is -2.26. The maximum Gasteiger partial charge on any atom is 0.166 e. The zero-order valence-electron chi connectivity index (χ0n) is 11.7. The quantitative estimate of drug-likeness (QED) is 0.562. The number of aromatic nitrogens is 1. The number of para-hydroxylation sites is 1. The Morgan fingerprint density at radius 1 is 1.29 bits per heavy atom. The molecule has 3 rings (SSSR count). The van der Waals surface area contributed by atoms with Gasteiger partial charge in [-0.25, -0.2) is 4.98 Å². The van der Waals surface area contributed by atoms with Crippen molar-refractivity contribution in [1.82, 2.24) is 4.98 Å². The van der Waals surface area contributed by atoms with E-state index in [9.17, 15) is 4.79 Å². The Kier molecular flexibility index (Phi) is 3.43. The van der Waals surface area contributed by atoms with Gasteiger partial charge in [-0.3, -0.25) is 4.79 Å². The van der Waals surface area contributed by atoms with Crippen LogP contribution < -0.4 is 15.4 Å². The summed E-state index contributed by atoms with van der Waals surface area (Å²) in [6.45, 7) is 1.81. The molecule has 108 valence electrons. The summed E-state index contributed by atoms with van der Waals surface area (Å²) in [7, 11) is 1.60. The smallest absolute Gasteiger partial charge is 0.166 e. The first-order valence-electron chi connectivity index (χ1n) is 6.58. The third kappa shape index (κ3) is 2.19. The van der Waals surface area contributed by atoms with Crippen molar-refractivity contribution in [2.45, 2.75) is 13.3 Å². The van der Waals surface area contributed by atoms with Crippen LogP contribution in [0.2, 0.25) is 5.15 Å². The number of hydrogen-bond donors (Lipinski definition) is 2. The van der Waals surface area contributed by atoms with E-state index in [2.05, 4.69) is 15.6 Å². The molecule has 0 saturated carbocycles. The molecule has 2 N–H and O–H groups in total. The fourth-order valence-electron chi connectivity index (χ4n) is 2.33. The third-order valence-corrected chi connectivity index (χ3v) is 3.70. The average molecular weight is 304 g/mol. The number of nitrogens with one attached hydrogen (secondary N) is 2. The number of halogens is 1. The van der Waals surface area contributed by atoms with Crippen LogP contribution in [0.15, 0.2) is 24.4 Å². The van der Waals surface area contributed by atoms with Crippen molar-refractivity contribution < 1.29 is 9.53 Å². The van der Waals surface area contributed by atoms with Gasteiger partial charge < -0.3 is 15.4 Å². The summed E-state index contributed by atoms with van der Waals surface area (Å²) in [6, 6.07) is 5.63. The summed E-state index contributed by atoms with van der Waals surface area (Å²) in [4.78, 5) is 16.2. The van der Waals surface area contributed by atoms with E-state index in [4.69, 9.17) is 16.3 Å². The Bertz CT molecular complexity index is 731. The fraction of sp³-hybridized carbons (Fsp3) is 0.200. The van der Waals surface area contributed by atoms with Crippen LogP contribution in [-0.4, -0.2) is 17.9 Å². The highest BCUT2D eigenvalue weighted by Crippen LogP contribution is 2.46. The molecule has 0 radical (unpaired) electrons. The van der Waals surface area contributed by atoms with Crippen LogP contribution in [0.3, 0.4) is 0 Å². The molecule has 1 aromatic carbocycles. The first kappa shape index (κ1) is 13.7. The molecule has 1 aliphatic heterocycles. The molecule has 2 heterocycles. The van der Waals surface area contributed by atoms with Crippen molar-refractivity contribution in [3.63, 3.8) is 0 Å². The van der Waals surface area contributed by atoms with E-state index in [1.54, 1.807) is 7.11 Å². The van der Waals surface area contributed by atoms with E-state index in [-0.39, 0.29) is 5.78 Å². The molecule has 21 heavy (non-hydrogen) atoms. The first-order valence-corrected chi connectivity index (χ1v) is 6.96. The molecule has 6 heteroatoms. The minimum Gasteiger partial charge on any atom is -0.494 e. The summed E-state index contributed by atoms with van der Waals surface area (Å²) in [5.41, 5.74) is 3.36. The normalized spacial score (nSPS) is 11.8. The summed E-state index contributed by atoms with van der Waals surface area (Å²) in [5.74, 6) is 0.691. The SMILES string of the molecule is CCC(=O)c1cnc(Cl)c2c1Nc1c(cccc1OC)N2. The molecule has 0 aliphatic carbocycles. The molecule has 0 saturated heterocycles. The van der Waals surface area contributed by atoms with Crippen molar-refractivity contribution in [3.05, 3.63) is 35.1 Å². The minimum absolute atomic E-state index is 0.00284. The standard InChI is InChI=1S/C15H14ClN3O2/c1-3-10(20)8-7-17-15(16)14-12(8)19-13-9(18-14)5-4-6-11(13)21-2/h4-7,18-19H,3H2,1-2H3. The molecular weight excluding hydrogens is 290 g/mol. The van der Waals surface area contributed by atoms with Crippen LogP contribution in [0.4, 0.5) is 22.7 Å². The van der Waals surface area contributed by atoms with Gasteiger partial charge in [-0.2, -0.15) is 0 Å². The summed E-state index contributed by atoms with van der Waals surface area (Å²) in [5, 5.41) is 6.78. The van der Waals surface area contributed by atoms with Gasteiger partial charge in [0.05, 0.1) is 24.0 Å². The number of anilines is 4. The van der Waals surface area contributed by atoms with Crippen LogP contribution in [0.5, 0.6) is 5.75 Å². The van der Waals surface area contributed by atoms with E-state index >= 15 is 0 Å². The van der Waals surface area contributed by atoms with Crippen molar-refractivity contribution in [2.24, 2.45) is 0 Å². The maximum atomic E-state index is 12.1. The Hall–Kier alpha value is -2.27. The molecule has 0 bridgehead atoms.